The van der Waals surface area contributed by atoms with Crippen molar-refractivity contribution in [3.8, 4) is 11.8 Å². The minimum atomic E-state index is -0.306. The summed E-state index contributed by atoms with van der Waals surface area (Å²) in [6.07, 6.45) is 1.17. The summed E-state index contributed by atoms with van der Waals surface area (Å²) in [7, 11) is 0. The summed E-state index contributed by atoms with van der Waals surface area (Å²) in [5.41, 5.74) is 0.403. The zero-order valence-electron chi connectivity index (χ0n) is 8.25. The SMILES string of the molecule is N#Cc1ccccc1OC1=NC=NC(=O)C1. The van der Waals surface area contributed by atoms with Gasteiger partial charge in [-0.3, -0.25) is 4.79 Å². The van der Waals surface area contributed by atoms with Crippen molar-refractivity contribution in [1.29, 1.82) is 5.26 Å². The van der Waals surface area contributed by atoms with Crippen molar-refractivity contribution in [2.24, 2.45) is 9.98 Å². The van der Waals surface area contributed by atoms with Gasteiger partial charge in [0.15, 0.2) is 0 Å². The van der Waals surface area contributed by atoms with Gasteiger partial charge in [-0.25, -0.2) is 9.98 Å². The van der Waals surface area contributed by atoms with Crippen molar-refractivity contribution in [2.75, 3.05) is 0 Å². The van der Waals surface area contributed by atoms with Crippen molar-refractivity contribution in [3.05, 3.63) is 29.8 Å². The number of benzene rings is 1. The number of para-hydroxylation sites is 1. The second kappa shape index (κ2) is 4.36. The third kappa shape index (κ3) is 2.12. The molecule has 5 nitrogen and oxygen atoms in total. The lowest BCUT2D eigenvalue weighted by Gasteiger charge is -2.09. The van der Waals surface area contributed by atoms with Gasteiger partial charge in [0.1, 0.15) is 24.6 Å². The molecule has 0 atom stereocenters. The molecule has 0 bridgehead atoms. The fourth-order valence-electron chi connectivity index (χ4n) is 1.22. The Labute approximate surface area is 91.7 Å². The normalized spacial score (nSPS) is 14.2. The third-order valence-electron chi connectivity index (χ3n) is 1.94. The molecule has 1 aromatic rings. The maximum atomic E-state index is 11.0. The van der Waals surface area contributed by atoms with E-state index in [1.807, 2.05) is 6.07 Å². The van der Waals surface area contributed by atoms with E-state index in [4.69, 9.17) is 10.00 Å². The van der Waals surface area contributed by atoms with E-state index < -0.39 is 0 Å². The van der Waals surface area contributed by atoms with Gasteiger partial charge in [0, 0.05) is 0 Å². The summed E-state index contributed by atoms with van der Waals surface area (Å²) in [5, 5.41) is 8.84. The number of aliphatic imine (C=N–C) groups is 2. The van der Waals surface area contributed by atoms with Gasteiger partial charge in [-0.05, 0) is 12.1 Å². The highest BCUT2D eigenvalue weighted by molar-refractivity contribution is 6.06. The molecule has 0 unspecified atom stereocenters. The Balaban J connectivity index is 2.22. The van der Waals surface area contributed by atoms with Crippen LogP contribution in [-0.2, 0) is 4.79 Å². The molecular weight excluding hydrogens is 206 g/mol. The maximum Gasteiger partial charge on any atom is 0.256 e. The van der Waals surface area contributed by atoms with Gasteiger partial charge in [0.25, 0.3) is 5.91 Å². The molecule has 0 saturated carbocycles. The standard InChI is InChI=1S/C11H7N3O2/c12-6-8-3-1-2-4-9(8)16-11-5-10(15)13-7-14-11/h1-4,7H,5H2. The summed E-state index contributed by atoms with van der Waals surface area (Å²) in [5.74, 6) is 0.342. The number of hydrogen-bond donors (Lipinski definition) is 0. The summed E-state index contributed by atoms with van der Waals surface area (Å²) < 4.78 is 5.36. The summed E-state index contributed by atoms with van der Waals surface area (Å²) in [4.78, 5) is 18.3. The molecule has 1 aliphatic heterocycles. The molecule has 0 N–H and O–H groups in total. The van der Waals surface area contributed by atoms with Gasteiger partial charge in [-0.15, -0.1) is 0 Å². The smallest absolute Gasteiger partial charge is 0.256 e. The van der Waals surface area contributed by atoms with E-state index in [1.165, 1.54) is 0 Å². The molecule has 0 aliphatic carbocycles. The third-order valence-corrected chi connectivity index (χ3v) is 1.94. The molecule has 1 amide bonds. The van der Waals surface area contributed by atoms with Crippen LogP contribution in [0.2, 0.25) is 0 Å². The summed E-state index contributed by atoms with van der Waals surface area (Å²) in [6.45, 7) is 0. The topological polar surface area (TPSA) is 74.8 Å². The summed E-state index contributed by atoms with van der Waals surface area (Å²) in [6, 6.07) is 8.76. The van der Waals surface area contributed by atoms with E-state index in [-0.39, 0.29) is 18.2 Å². The summed E-state index contributed by atoms with van der Waals surface area (Å²) >= 11 is 0. The van der Waals surface area contributed by atoms with E-state index in [1.54, 1.807) is 24.3 Å². The van der Waals surface area contributed by atoms with Crippen molar-refractivity contribution in [2.45, 2.75) is 6.42 Å². The number of carbonyl (C=O) groups excluding carboxylic acids is 1. The van der Waals surface area contributed by atoms with Gasteiger partial charge in [-0.1, -0.05) is 12.1 Å². The van der Waals surface area contributed by atoms with Gasteiger partial charge in [0.05, 0.1) is 5.56 Å². The Morgan fingerprint density at radius 1 is 1.38 bits per heavy atom. The second-order valence-electron chi connectivity index (χ2n) is 3.05. The first kappa shape index (κ1) is 10.1. The Morgan fingerprint density at radius 2 is 2.19 bits per heavy atom. The minimum absolute atomic E-state index is 0.0241. The Bertz CT molecular complexity index is 526. The van der Waals surface area contributed by atoms with Gasteiger partial charge >= 0.3 is 0 Å². The molecule has 0 spiro atoms. The fourth-order valence-corrected chi connectivity index (χ4v) is 1.22. The lowest BCUT2D eigenvalue weighted by atomic mass is 10.2. The van der Waals surface area contributed by atoms with E-state index in [0.717, 1.165) is 6.34 Å². The van der Waals surface area contributed by atoms with Crippen LogP contribution >= 0.6 is 0 Å². The van der Waals surface area contributed by atoms with Crippen molar-refractivity contribution in [1.82, 2.24) is 0 Å². The zero-order chi connectivity index (χ0) is 11.4. The first-order chi connectivity index (χ1) is 7.79. The minimum Gasteiger partial charge on any atom is -0.441 e. The molecule has 5 heteroatoms. The van der Waals surface area contributed by atoms with Crippen molar-refractivity contribution in [3.63, 3.8) is 0 Å². The number of carbonyl (C=O) groups is 1. The largest absolute Gasteiger partial charge is 0.441 e. The highest BCUT2D eigenvalue weighted by Gasteiger charge is 2.13. The van der Waals surface area contributed by atoms with E-state index in [0.29, 0.717) is 11.3 Å². The molecule has 1 aliphatic rings. The molecule has 0 aromatic heterocycles. The maximum absolute atomic E-state index is 11.0. The number of amides is 1. The Morgan fingerprint density at radius 3 is 2.94 bits per heavy atom. The number of rotatable bonds is 1. The van der Waals surface area contributed by atoms with Crippen LogP contribution in [0.4, 0.5) is 0 Å². The number of nitrogens with zero attached hydrogens (tertiary/aromatic N) is 3. The average Bonchev–Trinajstić information content (AvgIpc) is 2.30. The molecule has 2 rings (SSSR count). The van der Waals surface area contributed by atoms with Crippen LogP contribution in [0.15, 0.2) is 34.3 Å². The molecule has 16 heavy (non-hydrogen) atoms. The Kier molecular flexibility index (Phi) is 2.74. The zero-order valence-corrected chi connectivity index (χ0v) is 8.25. The van der Waals surface area contributed by atoms with Crippen LogP contribution in [0.1, 0.15) is 12.0 Å². The number of ether oxygens (including phenoxy) is 1. The van der Waals surface area contributed by atoms with Gasteiger partial charge < -0.3 is 4.74 Å². The lowest BCUT2D eigenvalue weighted by molar-refractivity contribution is -0.116. The fraction of sp³-hybridized carbons (Fsp3) is 0.0909. The predicted octanol–water partition coefficient (Wildman–Crippen LogP) is 1.29. The van der Waals surface area contributed by atoms with Crippen LogP contribution < -0.4 is 4.74 Å². The molecule has 1 aromatic carbocycles. The van der Waals surface area contributed by atoms with Gasteiger partial charge in [-0.2, -0.15) is 5.26 Å². The van der Waals surface area contributed by atoms with Crippen LogP contribution in [-0.4, -0.2) is 18.1 Å². The number of nitriles is 1. The molecule has 78 valence electrons. The first-order valence-corrected chi connectivity index (χ1v) is 4.58. The van der Waals surface area contributed by atoms with Crippen LogP contribution in [0.25, 0.3) is 0 Å². The molecule has 0 fully saturated rings. The second-order valence-corrected chi connectivity index (χ2v) is 3.05. The highest BCUT2D eigenvalue weighted by Crippen LogP contribution is 2.17. The van der Waals surface area contributed by atoms with Crippen LogP contribution in [0.5, 0.6) is 5.75 Å². The quantitative estimate of drug-likeness (QED) is 0.705. The first-order valence-electron chi connectivity index (χ1n) is 4.58. The predicted molar refractivity (Wildman–Crippen MR) is 57.3 cm³/mol. The van der Waals surface area contributed by atoms with E-state index >= 15 is 0 Å². The van der Waals surface area contributed by atoms with Crippen molar-refractivity contribution >= 4 is 18.1 Å². The lowest BCUT2D eigenvalue weighted by Crippen LogP contribution is -2.17. The average molecular weight is 213 g/mol. The Hall–Kier alpha value is -2.48. The molecular formula is C11H7N3O2. The monoisotopic (exact) mass is 213 g/mol. The molecule has 0 saturated heterocycles. The highest BCUT2D eigenvalue weighted by atomic mass is 16.5. The molecule has 1 heterocycles. The van der Waals surface area contributed by atoms with Crippen LogP contribution in [0.3, 0.4) is 0 Å². The van der Waals surface area contributed by atoms with Crippen molar-refractivity contribution < 1.29 is 9.53 Å². The number of hydrogen-bond acceptors (Lipinski definition) is 4. The van der Waals surface area contributed by atoms with Gasteiger partial charge in [0.2, 0.25) is 5.90 Å². The van der Waals surface area contributed by atoms with Crippen LogP contribution in [0, 0.1) is 11.3 Å². The van der Waals surface area contributed by atoms with E-state index in [9.17, 15) is 4.79 Å². The molecule has 0 radical (unpaired) electrons. The van der Waals surface area contributed by atoms with E-state index in [2.05, 4.69) is 9.98 Å².